The lowest BCUT2D eigenvalue weighted by atomic mass is 9.77. The molecular formula is C40H29BrO2. The zero-order valence-corrected chi connectivity index (χ0v) is 25.5. The van der Waals surface area contributed by atoms with Crippen molar-refractivity contribution in [2.45, 2.75) is 24.9 Å². The molecule has 6 aromatic carbocycles. The molecule has 8 rings (SSSR count). The molecule has 0 spiro atoms. The van der Waals surface area contributed by atoms with Crippen molar-refractivity contribution >= 4 is 15.9 Å². The summed E-state index contributed by atoms with van der Waals surface area (Å²) in [5.74, 6) is 1.36. The van der Waals surface area contributed by atoms with Crippen molar-refractivity contribution in [3.05, 3.63) is 166 Å². The molecule has 2 nitrogen and oxygen atoms in total. The molecule has 0 saturated heterocycles. The molecular weight excluding hydrogens is 592 g/mol. The second kappa shape index (κ2) is 9.54. The van der Waals surface area contributed by atoms with Crippen LogP contribution in [0.4, 0.5) is 0 Å². The lowest BCUT2D eigenvalue weighted by Crippen LogP contribution is -2.30. The highest BCUT2D eigenvalue weighted by atomic mass is 79.9. The largest absolute Gasteiger partial charge is 0.457 e. The molecule has 2 aliphatic rings. The van der Waals surface area contributed by atoms with E-state index < -0.39 is 5.60 Å². The summed E-state index contributed by atoms with van der Waals surface area (Å²) < 4.78 is 7.65. The molecule has 1 atom stereocenters. The number of rotatable bonds is 3. The predicted octanol–water partition coefficient (Wildman–Crippen LogP) is 10.5. The second-order valence-electron chi connectivity index (χ2n) is 12.0. The molecule has 1 N–H and O–H groups in total. The maximum atomic E-state index is 13.2. The minimum Gasteiger partial charge on any atom is -0.457 e. The van der Waals surface area contributed by atoms with Crippen LogP contribution in [0.15, 0.2) is 138 Å². The Balaban J connectivity index is 1.33. The fraction of sp³-hybridized carbons (Fsp3) is 0.100. The number of halogens is 1. The highest BCUT2D eigenvalue weighted by molar-refractivity contribution is 9.10. The fourth-order valence-corrected chi connectivity index (χ4v) is 7.56. The van der Waals surface area contributed by atoms with Crippen molar-refractivity contribution in [3.63, 3.8) is 0 Å². The van der Waals surface area contributed by atoms with Crippen LogP contribution in [-0.2, 0) is 11.0 Å². The van der Waals surface area contributed by atoms with Crippen LogP contribution in [0, 0.1) is 0 Å². The van der Waals surface area contributed by atoms with E-state index in [1.807, 2.05) is 60.7 Å². The number of benzene rings is 6. The summed E-state index contributed by atoms with van der Waals surface area (Å²) in [6, 6.07) is 45.6. The molecule has 0 bridgehead atoms. The molecule has 0 heterocycles. The van der Waals surface area contributed by atoms with Crippen molar-refractivity contribution < 1.29 is 9.84 Å². The lowest BCUT2D eigenvalue weighted by Gasteiger charge is -2.33. The second-order valence-corrected chi connectivity index (χ2v) is 12.9. The molecule has 6 aromatic rings. The number of para-hydroxylation sites is 1. The van der Waals surface area contributed by atoms with Crippen LogP contribution in [0.5, 0.6) is 11.5 Å². The first-order chi connectivity index (χ1) is 20.9. The highest BCUT2D eigenvalue weighted by Gasteiger charge is 2.43. The van der Waals surface area contributed by atoms with Gasteiger partial charge in [-0.15, -0.1) is 0 Å². The molecule has 0 radical (unpaired) electrons. The van der Waals surface area contributed by atoms with E-state index in [-0.39, 0.29) is 5.41 Å². The van der Waals surface area contributed by atoms with E-state index >= 15 is 0 Å². The monoisotopic (exact) mass is 620 g/mol. The Labute approximate surface area is 260 Å². The van der Waals surface area contributed by atoms with Gasteiger partial charge in [-0.3, -0.25) is 0 Å². The summed E-state index contributed by atoms with van der Waals surface area (Å²) in [5.41, 5.74) is 9.96. The molecule has 3 heteroatoms. The summed E-state index contributed by atoms with van der Waals surface area (Å²) in [5, 5.41) is 13.2. The molecule has 43 heavy (non-hydrogen) atoms. The number of hydrogen-bond acceptors (Lipinski definition) is 2. The van der Waals surface area contributed by atoms with E-state index in [4.69, 9.17) is 4.74 Å². The summed E-state index contributed by atoms with van der Waals surface area (Å²) in [6.45, 7) is 4.54. The van der Waals surface area contributed by atoms with Gasteiger partial charge < -0.3 is 9.84 Å². The third-order valence-corrected chi connectivity index (χ3v) is 9.75. The average Bonchev–Trinajstić information content (AvgIpc) is 3.21. The van der Waals surface area contributed by atoms with E-state index in [9.17, 15) is 5.11 Å². The minimum atomic E-state index is -1.49. The highest BCUT2D eigenvalue weighted by Crippen LogP contribution is 2.54. The van der Waals surface area contributed by atoms with Crippen molar-refractivity contribution in [1.82, 2.24) is 0 Å². The third kappa shape index (κ3) is 3.82. The Bertz CT molecular complexity index is 2070. The van der Waals surface area contributed by atoms with Crippen LogP contribution in [0.1, 0.15) is 41.7 Å². The van der Waals surface area contributed by atoms with E-state index in [0.29, 0.717) is 11.3 Å². The molecule has 0 saturated carbocycles. The Hall–Kier alpha value is -4.44. The smallest absolute Gasteiger partial charge is 0.145 e. The summed E-state index contributed by atoms with van der Waals surface area (Å²) in [4.78, 5) is 0. The molecule has 0 aromatic heterocycles. The quantitative estimate of drug-likeness (QED) is 0.213. The zero-order valence-electron chi connectivity index (χ0n) is 23.9. The number of fused-ring (bicyclic) bond motifs is 8. The zero-order chi connectivity index (χ0) is 29.3. The van der Waals surface area contributed by atoms with Crippen LogP contribution in [0.3, 0.4) is 0 Å². The van der Waals surface area contributed by atoms with Gasteiger partial charge in [0.15, 0.2) is 0 Å². The topological polar surface area (TPSA) is 29.5 Å². The van der Waals surface area contributed by atoms with E-state index in [0.717, 1.165) is 43.6 Å². The number of hydrogen-bond donors (Lipinski definition) is 1. The van der Waals surface area contributed by atoms with Gasteiger partial charge in [0.2, 0.25) is 0 Å². The Morgan fingerprint density at radius 3 is 1.72 bits per heavy atom. The van der Waals surface area contributed by atoms with Gasteiger partial charge in [0, 0.05) is 26.6 Å². The number of ether oxygens (including phenoxy) is 1. The first-order valence-electron chi connectivity index (χ1n) is 14.6. The predicted molar refractivity (Wildman–Crippen MR) is 178 cm³/mol. The van der Waals surface area contributed by atoms with E-state index in [1.54, 1.807) is 0 Å². The van der Waals surface area contributed by atoms with Crippen molar-refractivity contribution in [2.75, 3.05) is 0 Å². The first-order valence-corrected chi connectivity index (χ1v) is 15.4. The third-order valence-electron chi connectivity index (χ3n) is 9.26. The number of aliphatic hydroxyl groups is 1. The Morgan fingerprint density at radius 1 is 0.488 bits per heavy atom. The van der Waals surface area contributed by atoms with Gasteiger partial charge in [-0.05, 0) is 74.8 Å². The van der Waals surface area contributed by atoms with Gasteiger partial charge in [-0.1, -0.05) is 133 Å². The maximum Gasteiger partial charge on any atom is 0.145 e. The van der Waals surface area contributed by atoms with Crippen LogP contribution < -0.4 is 4.74 Å². The molecule has 208 valence electrons. The Morgan fingerprint density at radius 2 is 1.00 bits per heavy atom. The van der Waals surface area contributed by atoms with Gasteiger partial charge in [-0.2, -0.15) is 0 Å². The average molecular weight is 622 g/mol. The molecule has 0 amide bonds. The van der Waals surface area contributed by atoms with Crippen molar-refractivity contribution in [3.8, 4) is 44.9 Å². The normalized spacial score (nSPS) is 17.1. The van der Waals surface area contributed by atoms with Crippen LogP contribution in [-0.4, -0.2) is 5.11 Å². The Kier molecular flexibility index (Phi) is 5.81. The van der Waals surface area contributed by atoms with Crippen molar-refractivity contribution in [1.29, 1.82) is 0 Å². The maximum absolute atomic E-state index is 13.2. The lowest BCUT2D eigenvalue weighted by molar-refractivity contribution is 0.124. The van der Waals surface area contributed by atoms with Crippen molar-refractivity contribution in [2.24, 2.45) is 0 Å². The van der Waals surface area contributed by atoms with Gasteiger partial charge in [0.25, 0.3) is 0 Å². The standard InChI is InChI=1S/C40H29BrO2/c1-39(2)33-15-7-5-14-30(33)32-22-20-26(24-36(32)39)43-38-18-10-9-17-35(38)40(42)34-16-8-6-13-29(34)27-11-3-4-12-28(27)31-21-19-25(41)23-37(31)40/h3-24,42H,1-2H3. The molecule has 2 aliphatic carbocycles. The minimum absolute atomic E-state index is 0.139. The summed E-state index contributed by atoms with van der Waals surface area (Å²) in [6.07, 6.45) is 0. The van der Waals surface area contributed by atoms with Crippen LogP contribution in [0.25, 0.3) is 33.4 Å². The van der Waals surface area contributed by atoms with E-state index in [2.05, 4.69) is 103 Å². The van der Waals surface area contributed by atoms with Crippen LogP contribution >= 0.6 is 15.9 Å². The van der Waals surface area contributed by atoms with Gasteiger partial charge in [-0.25, -0.2) is 0 Å². The summed E-state index contributed by atoms with van der Waals surface area (Å²) >= 11 is 3.70. The van der Waals surface area contributed by atoms with Gasteiger partial charge in [0.05, 0.1) is 0 Å². The SMILES string of the molecule is CC1(C)c2ccccc2-c2ccc(Oc3ccccc3C3(O)c4ccccc4-c4ccccc4-c4ccc(Br)cc43)cc21. The van der Waals surface area contributed by atoms with Gasteiger partial charge >= 0.3 is 0 Å². The molecule has 0 fully saturated rings. The first kappa shape index (κ1) is 26.2. The van der Waals surface area contributed by atoms with E-state index in [1.165, 1.54) is 22.3 Å². The summed E-state index contributed by atoms with van der Waals surface area (Å²) in [7, 11) is 0. The molecule has 0 aliphatic heterocycles. The van der Waals surface area contributed by atoms with Gasteiger partial charge in [0.1, 0.15) is 17.1 Å². The molecule has 1 unspecified atom stereocenters. The fourth-order valence-electron chi connectivity index (χ4n) is 7.20. The van der Waals surface area contributed by atoms with Crippen LogP contribution in [0.2, 0.25) is 0 Å².